The number of nitrogens with zero attached hydrogens (tertiary/aromatic N) is 1. The van der Waals surface area contributed by atoms with E-state index in [-0.39, 0.29) is 44.4 Å². The van der Waals surface area contributed by atoms with Gasteiger partial charge in [0.1, 0.15) is 6.04 Å². The Labute approximate surface area is 160 Å². The van der Waals surface area contributed by atoms with Gasteiger partial charge < -0.3 is 15.5 Å². The first-order valence-electron chi connectivity index (χ1n) is 9.41. The Morgan fingerprint density at radius 2 is 2.07 bits per heavy atom. The summed E-state index contributed by atoms with van der Waals surface area (Å²) < 4.78 is 27.4. The van der Waals surface area contributed by atoms with Crippen molar-refractivity contribution in [1.29, 1.82) is 0 Å². The van der Waals surface area contributed by atoms with Crippen molar-refractivity contribution in [3.8, 4) is 0 Å². The van der Waals surface area contributed by atoms with Crippen LogP contribution in [-0.2, 0) is 22.7 Å². The SMILES string of the molecule is O=C1CCC(N2Cc3c(CNCC4CNCC4(F)F)cccc3C2=O)C(=O)N1. The number of imide groups is 1. The van der Waals surface area contributed by atoms with Gasteiger partial charge in [-0.05, 0) is 23.6 Å². The van der Waals surface area contributed by atoms with Crippen LogP contribution in [0.15, 0.2) is 18.2 Å². The highest BCUT2D eigenvalue weighted by Crippen LogP contribution is 2.30. The van der Waals surface area contributed by atoms with E-state index in [9.17, 15) is 23.2 Å². The molecule has 2 fully saturated rings. The lowest BCUT2D eigenvalue weighted by molar-refractivity contribution is -0.136. The number of nitrogens with one attached hydrogen (secondary N) is 3. The van der Waals surface area contributed by atoms with E-state index >= 15 is 0 Å². The van der Waals surface area contributed by atoms with Crippen LogP contribution in [0.4, 0.5) is 8.78 Å². The zero-order chi connectivity index (χ0) is 19.9. The third kappa shape index (κ3) is 3.40. The Hall–Kier alpha value is -2.39. The Morgan fingerprint density at radius 1 is 1.25 bits per heavy atom. The predicted molar refractivity (Wildman–Crippen MR) is 95.5 cm³/mol. The number of alkyl halides is 2. The zero-order valence-corrected chi connectivity index (χ0v) is 15.3. The van der Waals surface area contributed by atoms with Crippen LogP contribution in [0, 0.1) is 5.92 Å². The minimum Gasteiger partial charge on any atom is -0.322 e. The first kappa shape index (κ1) is 18.9. The van der Waals surface area contributed by atoms with Crippen molar-refractivity contribution in [3.05, 3.63) is 34.9 Å². The lowest BCUT2D eigenvalue weighted by Gasteiger charge is -2.29. The van der Waals surface area contributed by atoms with Crippen LogP contribution in [-0.4, -0.2) is 54.2 Å². The summed E-state index contributed by atoms with van der Waals surface area (Å²) in [6.07, 6.45) is 0.510. The van der Waals surface area contributed by atoms with Crippen molar-refractivity contribution in [1.82, 2.24) is 20.9 Å². The summed E-state index contributed by atoms with van der Waals surface area (Å²) >= 11 is 0. The summed E-state index contributed by atoms with van der Waals surface area (Å²) in [6.45, 7) is 0.796. The number of benzene rings is 1. The van der Waals surface area contributed by atoms with Gasteiger partial charge in [-0.2, -0.15) is 0 Å². The highest BCUT2D eigenvalue weighted by Gasteiger charge is 2.43. The molecule has 0 radical (unpaired) electrons. The van der Waals surface area contributed by atoms with Crippen LogP contribution in [0.5, 0.6) is 0 Å². The summed E-state index contributed by atoms with van der Waals surface area (Å²) in [5, 5.41) is 8.06. The summed E-state index contributed by atoms with van der Waals surface area (Å²) in [4.78, 5) is 37.8. The fraction of sp³-hybridized carbons (Fsp3) is 0.526. The molecule has 28 heavy (non-hydrogen) atoms. The predicted octanol–water partition coefficient (Wildman–Crippen LogP) is 0.392. The van der Waals surface area contributed by atoms with E-state index in [0.29, 0.717) is 18.5 Å². The Bertz CT molecular complexity index is 829. The quantitative estimate of drug-likeness (QED) is 0.631. The molecule has 0 saturated carbocycles. The summed E-state index contributed by atoms with van der Waals surface area (Å²) in [5.74, 6) is -4.49. The molecule has 150 valence electrons. The lowest BCUT2D eigenvalue weighted by Crippen LogP contribution is -2.52. The second-order valence-corrected chi connectivity index (χ2v) is 7.56. The molecule has 3 aliphatic rings. The first-order valence-corrected chi connectivity index (χ1v) is 9.41. The Kier molecular flexibility index (Phi) is 4.88. The molecule has 4 rings (SSSR count). The van der Waals surface area contributed by atoms with Gasteiger partial charge in [0.05, 0.1) is 6.54 Å². The molecule has 0 aliphatic carbocycles. The van der Waals surface area contributed by atoms with E-state index in [1.54, 1.807) is 12.1 Å². The Balaban J connectivity index is 1.44. The maximum atomic E-state index is 13.7. The molecular weight excluding hydrogens is 370 g/mol. The van der Waals surface area contributed by atoms with Crippen molar-refractivity contribution in [2.24, 2.45) is 5.92 Å². The molecule has 2 unspecified atom stereocenters. The molecule has 1 aromatic rings. The van der Waals surface area contributed by atoms with E-state index in [0.717, 1.165) is 11.1 Å². The molecule has 2 saturated heterocycles. The number of hydrogen-bond donors (Lipinski definition) is 3. The van der Waals surface area contributed by atoms with Gasteiger partial charge in [-0.3, -0.25) is 19.7 Å². The summed E-state index contributed by atoms with van der Waals surface area (Å²) in [7, 11) is 0. The molecular formula is C19H22F2N4O3. The minimum absolute atomic E-state index is 0.175. The molecule has 0 aromatic heterocycles. The van der Waals surface area contributed by atoms with E-state index in [4.69, 9.17) is 0 Å². The van der Waals surface area contributed by atoms with Gasteiger partial charge in [0.15, 0.2) is 0 Å². The number of halogens is 2. The van der Waals surface area contributed by atoms with E-state index in [1.807, 2.05) is 6.07 Å². The smallest absolute Gasteiger partial charge is 0.265 e. The molecule has 7 nitrogen and oxygen atoms in total. The van der Waals surface area contributed by atoms with Crippen LogP contribution in [0.1, 0.15) is 34.3 Å². The third-order valence-corrected chi connectivity index (χ3v) is 5.73. The second kappa shape index (κ2) is 7.21. The number of hydrogen-bond acceptors (Lipinski definition) is 5. The maximum Gasteiger partial charge on any atom is 0.265 e. The topological polar surface area (TPSA) is 90.5 Å². The number of carbonyl (C=O) groups is 3. The average Bonchev–Trinajstić information content (AvgIpc) is 3.15. The van der Waals surface area contributed by atoms with Gasteiger partial charge >= 0.3 is 0 Å². The Morgan fingerprint density at radius 3 is 2.79 bits per heavy atom. The van der Waals surface area contributed by atoms with Gasteiger partial charge in [0, 0.05) is 44.1 Å². The molecule has 3 heterocycles. The maximum absolute atomic E-state index is 13.7. The minimum atomic E-state index is -2.72. The number of piperidine rings is 1. The largest absolute Gasteiger partial charge is 0.322 e. The van der Waals surface area contributed by atoms with Crippen LogP contribution in [0.2, 0.25) is 0 Å². The lowest BCUT2D eigenvalue weighted by atomic mass is 10.0. The molecule has 0 bridgehead atoms. The molecule has 9 heteroatoms. The van der Waals surface area contributed by atoms with E-state index in [1.165, 1.54) is 4.90 Å². The van der Waals surface area contributed by atoms with Crippen LogP contribution >= 0.6 is 0 Å². The normalized spacial score (nSPS) is 26.5. The van der Waals surface area contributed by atoms with Crippen LogP contribution in [0.25, 0.3) is 0 Å². The van der Waals surface area contributed by atoms with Gasteiger partial charge in [0.25, 0.3) is 11.8 Å². The second-order valence-electron chi connectivity index (χ2n) is 7.56. The first-order chi connectivity index (χ1) is 13.4. The van der Waals surface area contributed by atoms with Gasteiger partial charge in [-0.25, -0.2) is 8.78 Å². The standard InChI is InChI=1S/C19H22F2N4O3/c20-19(21)10-23-8-12(19)7-22-6-11-2-1-3-13-14(11)9-25(18(13)28)15-4-5-16(26)24-17(15)27/h1-3,12,15,22-23H,4-10H2,(H,24,26,27). The monoisotopic (exact) mass is 392 g/mol. The van der Waals surface area contributed by atoms with Gasteiger partial charge in [0.2, 0.25) is 11.8 Å². The number of amides is 3. The van der Waals surface area contributed by atoms with Crippen molar-refractivity contribution >= 4 is 17.7 Å². The number of rotatable bonds is 5. The molecule has 1 aromatic carbocycles. The molecule has 3 aliphatic heterocycles. The zero-order valence-electron chi connectivity index (χ0n) is 15.3. The molecule has 3 amide bonds. The van der Waals surface area contributed by atoms with Crippen LogP contribution in [0.3, 0.4) is 0 Å². The highest BCUT2D eigenvalue weighted by molar-refractivity contribution is 6.05. The third-order valence-electron chi connectivity index (χ3n) is 5.73. The van der Waals surface area contributed by atoms with Crippen molar-refractivity contribution in [2.45, 2.75) is 37.9 Å². The fourth-order valence-corrected chi connectivity index (χ4v) is 4.12. The molecule has 3 N–H and O–H groups in total. The van der Waals surface area contributed by atoms with E-state index in [2.05, 4.69) is 16.0 Å². The fourth-order valence-electron chi connectivity index (χ4n) is 4.12. The number of fused-ring (bicyclic) bond motifs is 1. The molecule has 2 atom stereocenters. The van der Waals surface area contributed by atoms with Crippen molar-refractivity contribution in [3.63, 3.8) is 0 Å². The van der Waals surface area contributed by atoms with Crippen LogP contribution < -0.4 is 16.0 Å². The van der Waals surface area contributed by atoms with Gasteiger partial charge in [-0.15, -0.1) is 0 Å². The summed E-state index contributed by atoms with van der Waals surface area (Å²) in [6, 6.07) is 4.66. The summed E-state index contributed by atoms with van der Waals surface area (Å²) in [5.41, 5.74) is 2.19. The highest BCUT2D eigenvalue weighted by atomic mass is 19.3. The van der Waals surface area contributed by atoms with Gasteiger partial charge in [-0.1, -0.05) is 12.1 Å². The van der Waals surface area contributed by atoms with E-state index < -0.39 is 23.8 Å². The van der Waals surface area contributed by atoms with Crippen molar-refractivity contribution in [2.75, 3.05) is 19.6 Å². The average molecular weight is 392 g/mol. The number of carbonyl (C=O) groups excluding carboxylic acids is 3. The van der Waals surface area contributed by atoms with Crippen molar-refractivity contribution < 1.29 is 23.2 Å². The molecule has 0 spiro atoms.